The molecule has 2 N–H and O–H groups in total. The number of hydrogen-bond acceptors (Lipinski definition) is 2. The van der Waals surface area contributed by atoms with E-state index in [1.807, 2.05) is 19.1 Å². The Hall–Kier alpha value is -1.71. The highest BCUT2D eigenvalue weighted by Gasteiger charge is 2.27. The van der Waals surface area contributed by atoms with Crippen molar-refractivity contribution in [1.82, 2.24) is 0 Å². The van der Waals surface area contributed by atoms with E-state index in [-0.39, 0.29) is 10.9 Å². The van der Waals surface area contributed by atoms with E-state index in [9.17, 15) is 4.79 Å². The van der Waals surface area contributed by atoms with E-state index in [1.165, 1.54) is 0 Å². The lowest BCUT2D eigenvalue weighted by molar-refractivity contribution is 0.0989. The number of carbonyl (C=O) groups excluding carboxylic acids is 1. The number of anilines is 2. The fourth-order valence-electron chi connectivity index (χ4n) is 2.60. The molecule has 0 unspecified atom stereocenters. The van der Waals surface area contributed by atoms with Gasteiger partial charge in [0.25, 0.3) is 5.91 Å². The molecule has 2 aromatic rings. The van der Waals surface area contributed by atoms with Gasteiger partial charge in [0.15, 0.2) is 0 Å². The van der Waals surface area contributed by atoms with E-state index < -0.39 is 0 Å². The van der Waals surface area contributed by atoms with Gasteiger partial charge in [-0.2, -0.15) is 0 Å². The minimum Gasteiger partial charge on any atom is -0.398 e. The van der Waals surface area contributed by atoms with E-state index >= 15 is 0 Å². The minimum absolute atomic E-state index is 0.149. The minimum atomic E-state index is -0.149. The molecule has 0 aliphatic carbocycles. The van der Waals surface area contributed by atoms with Crippen LogP contribution in [0.2, 0.25) is 10.0 Å². The van der Waals surface area contributed by atoms with Crippen molar-refractivity contribution in [3.05, 3.63) is 57.1 Å². The van der Waals surface area contributed by atoms with Crippen LogP contribution in [0.5, 0.6) is 0 Å². The number of benzene rings is 2. The van der Waals surface area contributed by atoms with Crippen LogP contribution in [0.25, 0.3) is 0 Å². The zero-order valence-electron chi connectivity index (χ0n) is 11.5. The Morgan fingerprint density at radius 1 is 1.29 bits per heavy atom. The van der Waals surface area contributed by atoms with Gasteiger partial charge in [0.05, 0.1) is 15.6 Å². The van der Waals surface area contributed by atoms with E-state index in [2.05, 4.69) is 0 Å². The number of carbonyl (C=O) groups is 1. The van der Waals surface area contributed by atoms with Gasteiger partial charge in [-0.3, -0.25) is 4.79 Å². The summed E-state index contributed by atoms with van der Waals surface area (Å²) in [5.41, 5.74) is 10.1. The first-order valence-electron chi connectivity index (χ1n) is 6.64. The molecule has 1 aliphatic heterocycles. The second kappa shape index (κ2) is 5.24. The van der Waals surface area contributed by atoms with Crippen LogP contribution >= 0.6 is 23.2 Å². The fraction of sp³-hybridized carbons (Fsp3) is 0.188. The summed E-state index contributed by atoms with van der Waals surface area (Å²) in [5, 5.41) is 0.669. The molecule has 0 spiro atoms. The number of amides is 1. The van der Waals surface area contributed by atoms with Crippen molar-refractivity contribution in [3.8, 4) is 0 Å². The van der Waals surface area contributed by atoms with Gasteiger partial charge in [-0.1, -0.05) is 35.3 Å². The van der Waals surface area contributed by atoms with Gasteiger partial charge in [0.1, 0.15) is 0 Å². The Bertz CT molecular complexity index is 743. The van der Waals surface area contributed by atoms with Crippen molar-refractivity contribution in [1.29, 1.82) is 0 Å². The predicted molar refractivity (Wildman–Crippen MR) is 87.4 cm³/mol. The molecule has 108 valence electrons. The molecule has 0 radical (unpaired) electrons. The largest absolute Gasteiger partial charge is 0.398 e. The summed E-state index contributed by atoms with van der Waals surface area (Å²) in [6.45, 7) is 2.59. The molecule has 0 atom stereocenters. The van der Waals surface area contributed by atoms with Crippen LogP contribution in [0.15, 0.2) is 30.3 Å². The molecule has 0 saturated heterocycles. The van der Waals surface area contributed by atoms with Crippen molar-refractivity contribution in [3.63, 3.8) is 0 Å². The first-order chi connectivity index (χ1) is 9.99. The molecule has 3 rings (SSSR count). The Morgan fingerprint density at radius 3 is 2.81 bits per heavy atom. The number of fused-ring (bicyclic) bond motifs is 1. The van der Waals surface area contributed by atoms with E-state index in [1.54, 1.807) is 23.1 Å². The summed E-state index contributed by atoms with van der Waals surface area (Å²) in [6, 6.07) is 8.97. The van der Waals surface area contributed by atoms with Crippen molar-refractivity contribution < 1.29 is 4.79 Å². The van der Waals surface area contributed by atoms with Gasteiger partial charge in [-0.05, 0) is 42.7 Å². The third-order valence-corrected chi connectivity index (χ3v) is 4.61. The lowest BCUT2D eigenvalue weighted by Crippen LogP contribution is -2.29. The molecule has 0 fully saturated rings. The molecular weight excluding hydrogens is 307 g/mol. The third-order valence-electron chi connectivity index (χ3n) is 3.79. The Labute approximate surface area is 133 Å². The first-order valence-corrected chi connectivity index (χ1v) is 7.39. The predicted octanol–water partition coefficient (Wildman–Crippen LogP) is 4.09. The molecule has 1 aliphatic rings. The van der Waals surface area contributed by atoms with Crippen LogP contribution in [0.1, 0.15) is 21.5 Å². The fourth-order valence-corrected chi connectivity index (χ4v) is 2.98. The normalized spacial score (nSPS) is 13.4. The van der Waals surface area contributed by atoms with Crippen LogP contribution < -0.4 is 10.6 Å². The van der Waals surface area contributed by atoms with Gasteiger partial charge in [0.2, 0.25) is 0 Å². The highest BCUT2D eigenvalue weighted by molar-refractivity contribution is 6.44. The summed E-state index contributed by atoms with van der Waals surface area (Å²) in [5.74, 6) is -0.149. The van der Waals surface area contributed by atoms with Crippen molar-refractivity contribution in [2.24, 2.45) is 0 Å². The van der Waals surface area contributed by atoms with Crippen LogP contribution in [0.4, 0.5) is 11.4 Å². The molecule has 2 aromatic carbocycles. The first kappa shape index (κ1) is 14.2. The summed E-state index contributed by atoms with van der Waals surface area (Å²) in [7, 11) is 0. The number of rotatable bonds is 1. The van der Waals surface area contributed by atoms with Gasteiger partial charge in [0, 0.05) is 17.9 Å². The maximum Gasteiger partial charge on any atom is 0.259 e. The quantitative estimate of drug-likeness (QED) is 0.804. The monoisotopic (exact) mass is 320 g/mol. The van der Waals surface area contributed by atoms with Crippen LogP contribution in [-0.2, 0) is 6.42 Å². The highest BCUT2D eigenvalue weighted by atomic mass is 35.5. The van der Waals surface area contributed by atoms with Crippen LogP contribution in [-0.4, -0.2) is 12.5 Å². The average molecular weight is 321 g/mol. The maximum atomic E-state index is 12.7. The smallest absolute Gasteiger partial charge is 0.259 e. The Balaban J connectivity index is 2.03. The van der Waals surface area contributed by atoms with Gasteiger partial charge >= 0.3 is 0 Å². The second-order valence-corrected chi connectivity index (χ2v) is 5.93. The number of nitrogens with zero attached hydrogens (tertiary/aromatic N) is 1. The third kappa shape index (κ3) is 2.37. The summed E-state index contributed by atoms with van der Waals surface area (Å²) in [4.78, 5) is 14.4. The molecule has 1 heterocycles. The molecule has 0 bridgehead atoms. The highest BCUT2D eigenvalue weighted by Crippen LogP contribution is 2.35. The number of aryl methyl sites for hydroxylation is 1. The number of hydrogen-bond donors (Lipinski definition) is 1. The van der Waals surface area contributed by atoms with Crippen molar-refractivity contribution in [2.45, 2.75) is 13.3 Å². The SMILES string of the molecule is Cc1cc2c(cc1N)N(C(=O)c1cccc(Cl)c1Cl)CC2. The lowest BCUT2D eigenvalue weighted by Gasteiger charge is -2.19. The Morgan fingerprint density at radius 2 is 2.05 bits per heavy atom. The summed E-state index contributed by atoms with van der Waals surface area (Å²) >= 11 is 12.1. The summed E-state index contributed by atoms with van der Waals surface area (Å²) in [6.07, 6.45) is 0.820. The topological polar surface area (TPSA) is 46.3 Å². The number of nitrogens with two attached hydrogens (primary N) is 1. The van der Waals surface area contributed by atoms with Crippen molar-refractivity contribution in [2.75, 3.05) is 17.2 Å². The maximum absolute atomic E-state index is 12.7. The Kier molecular flexibility index (Phi) is 3.56. The standard InChI is InChI=1S/C16H14Cl2N2O/c1-9-7-10-5-6-20(14(10)8-13(9)19)16(21)11-3-2-4-12(17)15(11)18/h2-4,7-8H,5-6,19H2,1H3. The molecule has 3 nitrogen and oxygen atoms in total. The van der Waals surface area contributed by atoms with E-state index in [0.29, 0.717) is 22.8 Å². The molecule has 1 amide bonds. The molecule has 0 saturated carbocycles. The van der Waals surface area contributed by atoms with E-state index in [4.69, 9.17) is 28.9 Å². The number of halogens is 2. The lowest BCUT2D eigenvalue weighted by atomic mass is 10.1. The van der Waals surface area contributed by atoms with Crippen LogP contribution in [0.3, 0.4) is 0 Å². The van der Waals surface area contributed by atoms with Gasteiger partial charge in [-0.25, -0.2) is 0 Å². The number of nitrogen functional groups attached to an aromatic ring is 1. The zero-order chi connectivity index (χ0) is 15.1. The van der Waals surface area contributed by atoms with Crippen LogP contribution in [0, 0.1) is 6.92 Å². The zero-order valence-corrected chi connectivity index (χ0v) is 13.0. The van der Waals surface area contributed by atoms with Crippen molar-refractivity contribution >= 4 is 40.5 Å². The molecule has 5 heteroatoms. The molecule has 0 aromatic heterocycles. The average Bonchev–Trinajstić information content (AvgIpc) is 2.84. The van der Waals surface area contributed by atoms with E-state index in [0.717, 1.165) is 23.2 Å². The molecule has 21 heavy (non-hydrogen) atoms. The van der Waals surface area contributed by atoms with Gasteiger partial charge < -0.3 is 10.6 Å². The van der Waals surface area contributed by atoms with Gasteiger partial charge in [-0.15, -0.1) is 0 Å². The summed E-state index contributed by atoms with van der Waals surface area (Å²) < 4.78 is 0. The molecular formula is C16H14Cl2N2O. The second-order valence-electron chi connectivity index (χ2n) is 5.15.